The molecule has 6 heteroatoms. The van der Waals surface area contributed by atoms with Gasteiger partial charge in [-0.05, 0) is 48.9 Å². The smallest absolute Gasteiger partial charge is 0.365 e. The van der Waals surface area contributed by atoms with E-state index in [1.165, 1.54) is 0 Å². The van der Waals surface area contributed by atoms with Gasteiger partial charge in [0.2, 0.25) is 6.73 Å². The van der Waals surface area contributed by atoms with Crippen LogP contribution in [0.2, 0.25) is 0 Å². The van der Waals surface area contributed by atoms with E-state index in [-0.39, 0.29) is 30.2 Å². The summed E-state index contributed by atoms with van der Waals surface area (Å²) in [5, 5.41) is 1.00. The molecule has 2 heterocycles. The third-order valence-corrected chi connectivity index (χ3v) is 6.85. The molecule has 2 aromatic carbocycles. The molecule has 6 nitrogen and oxygen atoms in total. The summed E-state index contributed by atoms with van der Waals surface area (Å²) in [6.45, 7) is 5.19. The van der Waals surface area contributed by atoms with Gasteiger partial charge in [-0.25, -0.2) is 9.59 Å². The first-order chi connectivity index (χ1) is 16.0. The van der Waals surface area contributed by atoms with Gasteiger partial charge in [0.05, 0.1) is 5.56 Å². The largest absolute Gasteiger partial charge is 0.456 e. The van der Waals surface area contributed by atoms with Gasteiger partial charge >= 0.3 is 11.6 Å². The maximum absolute atomic E-state index is 13.1. The summed E-state index contributed by atoms with van der Waals surface area (Å²) in [7, 11) is 0. The monoisotopic (exact) mass is 448 g/mol. The highest BCUT2D eigenvalue weighted by Crippen LogP contribution is 2.33. The number of carbonyl (C=O) groups excluding carboxylic acids is 1. The van der Waals surface area contributed by atoms with Crippen LogP contribution < -0.4 is 15.3 Å². The summed E-state index contributed by atoms with van der Waals surface area (Å²) in [4.78, 5) is 26.8. The second-order valence-electron chi connectivity index (χ2n) is 9.41. The molecule has 2 aliphatic rings. The summed E-state index contributed by atoms with van der Waals surface area (Å²) in [6, 6.07) is 13.3. The Bertz CT molecular complexity index is 1230. The summed E-state index contributed by atoms with van der Waals surface area (Å²) < 4.78 is 17.6. The van der Waals surface area contributed by atoms with E-state index in [9.17, 15) is 9.59 Å². The molecule has 0 saturated heterocycles. The zero-order valence-corrected chi connectivity index (χ0v) is 19.2. The topological polar surface area (TPSA) is 70.2 Å². The van der Waals surface area contributed by atoms with Gasteiger partial charge in [-0.2, -0.15) is 0 Å². The average Bonchev–Trinajstić information content (AvgIpc) is 2.83. The van der Waals surface area contributed by atoms with Crippen LogP contribution in [-0.4, -0.2) is 18.7 Å². The predicted octanol–water partition coefficient (Wildman–Crippen LogP) is 3.17. The number of fused-ring (bicyclic) bond motifs is 5. The number of aryl methyl sites for hydroxylation is 1. The maximum Gasteiger partial charge on any atom is 0.365 e. The summed E-state index contributed by atoms with van der Waals surface area (Å²) in [5.74, 6) is 0.545. The maximum atomic E-state index is 13.1. The SMILES string of the molecule is CC(C)[C@H](C(=O)OCc1ccccc1)[NH+]1COc2ccc3c4c(c(=O)oc3c2C1)CCCC4. The van der Waals surface area contributed by atoms with Crippen LogP contribution in [0.25, 0.3) is 11.0 Å². The third kappa shape index (κ3) is 4.15. The van der Waals surface area contributed by atoms with Gasteiger partial charge in [0.25, 0.3) is 0 Å². The van der Waals surface area contributed by atoms with Gasteiger partial charge in [-0.1, -0.05) is 44.2 Å². The molecule has 2 atom stereocenters. The van der Waals surface area contributed by atoms with Crippen LogP contribution in [0, 0.1) is 5.92 Å². The van der Waals surface area contributed by atoms with Crippen LogP contribution in [0.5, 0.6) is 5.75 Å². The zero-order chi connectivity index (χ0) is 22.9. The number of esters is 1. The Kier molecular flexibility index (Phi) is 5.94. The Morgan fingerprint density at radius 2 is 1.79 bits per heavy atom. The fourth-order valence-electron chi connectivity index (χ4n) is 5.23. The quantitative estimate of drug-likeness (QED) is 0.480. The van der Waals surface area contributed by atoms with Gasteiger partial charge in [-0.15, -0.1) is 0 Å². The van der Waals surface area contributed by atoms with Crippen molar-refractivity contribution in [2.45, 2.75) is 58.7 Å². The zero-order valence-electron chi connectivity index (χ0n) is 19.2. The van der Waals surface area contributed by atoms with E-state index in [2.05, 4.69) is 0 Å². The number of rotatable bonds is 5. The molecule has 0 amide bonds. The molecular weight excluding hydrogens is 418 g/mol. The van der Waals surface area contributed by atoms with E-state index in [1.54, 1.807) is 0 Å². The molecule has 0 fully saturated rings. The first-order valence-corrected chi connectivity index (χ1v) is 11.8. The first kappa shape index (κ1) is 21.7. The second-order valence-corrected chi connectivity index (χ2v) is 9.41. The van der Waals surface area contributed by atoms with Crippen molar-refractivity contribution in [3.8, 4) is 5.75 Å². The van der Waals surface area contributed by atoms with E-state index in [0.29, 0.717) is 18.9 Å². The minimum atomic E-state index is -0.388. The summed E-state index contributed by atoms with van der Waals surface area (Å²) >= 11 is 0. The highest BCUT2D eigenvalue weighted by Gasteiger charge is 2.38. The van der Waals surface area contributed by atoms with Crippen molar-refractivity contribution in [1.29, 1.82) is 0 Å². The van der Waals surface area contributed by atoms with Crippen LogP contribution in [0.15, 0.2) is 51.7 Å². The Morgan fingerprint density at radius 3 is 2.55 bits per heavy atom. The minimum Gasteiger partial charge on any atom is -0.456 e. The molecule has 0 spiro atoms. The van der Waals surface area contributed by atoms with E-state index in [4.69, 9.17) is 13.9 Å². The number of hydrogen-bond acceptors (Lipinski definition) is 5. The molecule has 5 rings (SSSR count). The van der Waals surface area contributed by atoms with Crippen molar-refractivity contribution in [2.75, 3.05) is 6.73 Å². The van der Waals surface area contributed by atoms with Gasteiger partial charge in [0.15, 0.2) is 11.6 Å². The van der Waals surface area contributed by atoms with Crippen LogP contribution in [0.4, 0.5) is 0 Å². The lowest BCUT2D eigenvalue weighted by atomic mass is 9.89. The molecule has 33 heavy (non-hydrogen) atoms. The van der Waals surface area contributed by atoms with Gasteiger partial charge in [0.1, 0.15) is 18.9 Å². The highest BCUT2D eigenvalue weighted by atomic mass is 16.5. The lowest BCUT2D eigenvalue weighted by Gasteiger charge is -2.33. The molecule has 1 aliphatic carbocycles. The highest BCUT2D eigenvalue weighted by molar-refractivity contribution is 5.86. The molecule has 1 aliphatic heterocycles. The van der Waals surface area contributed by atoms with Crippen molar-refractivity contribution in [3.63, 3.8) is 0 Å². The number of ether oxygens (including phenoxy) is 2. The van der Waals surface area contributed by atoms with Gasteiger partial charge < -0.3 is 13.9 Å². The van der Waals surface area contributed by atoms with Crippen molar-refractivity contribution in [2.24, 2.45) is 5.92 Å². The fourth-order valence-corrected chi connectivity index (χ4v) is 5.23. The summed E-state index contributed by atoms with van der Waals surface area (Å²) in [6.07, 6.45) is 3.78. The number of carbonyl (C=O) groups is 1. The third-order valence-electron chi connectivity index (χ3n) is 6.85. The van der Waals surface area contributed by atoms with Crippen LogP contribution in [0.1, 0.15) is 48.9 Å². The number of quaternary nitrogens is 1. The minimum absolute atomic E-state index is 0.0585. The lowest BCUT2D eigenvalue weighted by molar-refractivity contribution is -0.951. The van der Waals surface area contributed by atoms with Crippen molar-refractivity contribution >= 4 is 16.9 Å². The van der Waals surface area contributed by atoms with Gasteiger partial charge in [0, 0.05) is 16.9 Å². The molecule has 1 aromatic heterocycles. The van der Waals surface area contributed by atoms with Crippen molar-refractivity contribution in [1.82, 2.24) is 0 Å². The standard InChI is InChI=1S/C27H29NO5/c1-17(2)24(27(30)31-15-18-8-4-3-5-9-18)28-14-22-23(32-16-28)13-12-20-19-10-6-7-11-21(19)26(29)33-25(20)22/h3-5,8-9,12-13,17,24H,6-7,10-11,14-16H2,1-2H3/p+1/t24-/m1/s1. The molecule has 0 saturated carbocycles. The van der Waals surface area contributed by atoms with E-state index in [0.717, 1.165) is 64.0 Å². The molecule has 172 valence electrons. The Hall–Kier alpha value is -3.12. The van der Waals surface area contributed by atoms with E-state index >= 15 is 0 Å². The van der Waals surface area contributed by atoms with Crippen molar-refractivity contribution < 1.29 is 23.6 Å². The van der Waals surface area contributed by atoms with Crippen molar-refractivity contribution in [3.05, 3.63) is 75.1 Å². The molecule has 1 unspecified atom stereocenters. The Morgan fingerprint density at radius 1 is 1.03 bits per heavy atom. The lowest BCUT2D eigenvalue weighted by Crippen LogP contribution is -3.17. The first-order valence-electron chi connectivity index (χ1n) is 11.8. The number of benzene rings is 2. The van der Waals surface area contributed by atoms with Crippen LogP contribution in [-0.2, 0) is 35.5 Å². The van der Waals surface area contributed by atoms with Crippen LogP contribution >= 0.6 is 0 Å². The predicted molar refractivity (Wildman–Crippen MR) is 124 cm³/mol. The number of nitrogens with one attached hydrogen (secondary N) is 1. The molecule has 1 N–H and O–H groups in total. The normalized spacial score (nSPS) is 18.3. The van der Waals surface area contributed by atoms with E-state index < -0.39 is 0 Å². The van der Waals surface area contributed by atoms with Gasteiger partial charge in [-0.3, -0.25) is 4.90 Å². The number of hydrogen-bond donors (Lipinski definition) is 1. The summed E-state index contributed by atoms with van der Waals surface area (Å²) in [5.41, 5.74) is 4.13. The fraction of sp³-hybridized carbons (Fsp3) is 0.407. The van der Waals surface area contributed by atoms with Crippen LogP contribution in [0.3, 0.4) is 0 Å². The molecule has 3 aromatic rings. The Balaban J connectivity index is 1.44. The molecule has 0 bridgehead atoms. The second kappa shape index (κ2) is 9.02. The molecular formula is C27H30NO5+. The van der Waals surface area contributed by atoms with E-state index in [1.807, 2.05) is 56.3 Å². The Labute approximate surface area is 193 Å². The average molecular weight is 449 g/mol. The molecule has 0 radical (unpaired) electrons.